The van der Waals surface area contributed by atoms with Crippen molar-refractivity contribution in [2.75, 3.05) is 10.2 Å². The highest BCUT2D eigenvalue weighted by Gasteiger charge is 2.20. The van der Waals surface area contributed by atoms with E-state index < -0.39 is 0 Å². The minimum atomic E-state index is 0.194. The van der Waals surface area contributed by atoms with Crippen molar-refractivity contribution in [1.82, 2.24) is 0 Å². The number of anilines is 2. The maximum atomic E-state index is 8.63. The summed E-state index contributed by atoms with van der Waals surface area (Å²) in [5, 5.41) is 11.9. The molecule has 3 nitrogen and oxygen atoms in total. The third-order valence-electron chi connectivity index (χ3n) is 4.17. The summed E-state index contributed by atoms with van der Waals surface area (Å²) in [4.78, 5) is 2.06. The maximum absolute atomic E-state index is 8.63. The van der Waals surface area contributed by atoms with Crippen LogP contribution in [0.5, 0.6) is 0 Å². The van der Waals surface area contributed by atoms with Crippen LogP contribution in [0.15, 0.2) is 48.5 Å². The standard InChI is InChI=1S/C21H29N3/c1-6-17-10-9-11-18(14-17)23-21(22)24(16(4)5)20-13-8-7-12-19(20)15(2)3/h7-16H,6H2,1-5H3,(H2,22,23). The lowest BCUT2D eigenvalue weighted by molar-refractivity contribution is 0.783. The van der Waals surface area contributed by atoms with E-state index in [0.717, 1.165) is 17.8 Å². The first-order valence-electron chi connectivity index (χ1n) is 8.76. The Balaban J connectivity index is 2.32. The normalized spacial score (nSPS) is 11.0. The van der Waals surface area contributed by atoms with E-state index in [-0.39, 0.29) is 6.04 Å². The van der Waals surface area contributed by atoms with Gasteiger partial charge >= 0.3 is 0 Å². The van der Waals surface area contributed by atoms with E-state index >= 15 is 0 Å². The van der Waals surface area contributed by atoms with Gasteiger partial charge in [-0.3, -0.25) is 5.41 Å². The van der Waals surface area contributed by atoms with E-state index in [4.69, 9.17) is 5.41 Å². The highest BCUT2D eigenvalue weighted by molar-refractivity contribution is 6.04. The minimum absolute atomic E-state index is 0.194. The summed E-state index contributed by atoms with van der Waals surface area (Å²) in [7, 11) is 0. The molecule has 0 heterocycles. The Bertz CT molecular complexity index is 689. The molecule has 3 heteroatoms. The lowest BCUT2D eigenvalue weighted by Crippen LogP contribution is -2.41. The third-order valence-corrected chi connectivity index (χ3v) is 4.17. The number of hydrogen-bond donors (Lipinski definition) is 2. The second kappa shape index (κ2) is 8.00. The van der Waals surface area contributed by atoms with Gasteiger partial charge in [0.2, 0.25) is 0 Å². The van der Waals surface area contributed by atoms with Crippen molar-refractivity contribution >= 4 is 17.3 Å². The Morgan fingerprint density at radius 1 is 1.04 bits per heavy atom. The molecule has 2 aromatic carbocycles. The van der Waals surface area contributed by atoms with Gasteiger partial charge in [0.25, 0.3) is 0 Å². The smallest absolute Gasteiger partial charge is 0.200 e. The van der Waals surface area contributed by atoms with Gasteiger partial charge in [-0.25, -0.2) is 0 Å². The summed E-state index contributed by atoms with van der Waals surface area (Å²) < 4.78 is 0. The molecule has 2 rings (SSSR count). The van der Waals surface area contributed by atoms with Gasteiger partial charge in [0.15, 0.2) is 5.96 Å². The molecule has 128 valence electrons. The lowest BCUT2D eigenvalue weighted by Gasteiger charge is -2.32. The molecule has 0 saturated heterocycles. The van der Waals surface area contributed by atoms with Crippen LogP contribution in [0.2, 0.25) is 0 Å². The van der Waals surface area contributed by atoms with Crippen molar-refractivity contribution in [1.29, 1.82) is 5.41 Å². The molecule has 0 aromatic heterocycles. The van der Waals surface area contributed by atoms with Crippen molar-refractivity contribution in [2.45, 2.75) is 53.0 Å². The molecule has 0 radical (unpaired) electrons. The number of nitrogens with zero attached hydrogens (tertiary/aromatic N) is 1. The number of benzene rings is 2. The molecule has 0 spiro atoms. The van der Waals surface area contributed by atoms with Crippen molar-refractivity contribution in [3.63, 3.8) is 0 Å². The fourth-order valence-corrected chi connectivity index (χ4v) is 2.92. The van der Waals surface area contributed by atoms with Crippen LogP contribution in [0, 0.1) is 5.41 Å². The average molecular weight is 323 g/mol. The zero-order valence-electron chi connectivity index (χ0n) is 15.4. The number of nitrogens with one attached hydrogen (secondary N) is 2. The van der Waals surface area contributed by atoms with Gasteiger partial charge < -0.3 is 10.2 Å². The fourth-order valence-electron chi connectivity index (χ4n) is 2.92. The number of rotatable bonds is 5. The molecule has 0 aliphatic carbocycles. The Morgan fingerprint density at radius 2 is 1.75 bits per heavy atom. The first kappa shape index (κ1) is 18.1. The molecule has 0 aliphatic heterocycles. The van der Waals surface area contributed by atoms with Crippen LogP contribution in [-0.4, -0.2) is 12.0 Å². The molecule has 24 heavy (non-hydrogen) atoms. The lowest BCUT2D eigenvalue weighted by atomic mass is 10.00. The van der Waals surface area contributed by atoms with E-state index in [2.05, 4.69) is 75.2 Å². The van der Waals surface area contributed by atoms with E-state index in [1.54, 1.807) is 0 Å². The summed E-state index contributed by atoms with van der Waals surface area (Å²) in [6.07, 6.45) is 0.993. The second-order valence-electron chi connectivity index (χ2n) is 6.70. The number of guanidine groups is 1. The summed E-state index contributed by atoms with van der Waals surface area (Å²) in [6, 6.07) is 16.8. The van der Waals surface area contributed by atoms with Crippen LogP contribution < -0.4 is 10.2 Å². The highest BCUT2D eigenvalue weighted by Crippen LogP contribution is 2.29. The van der Waals surface area contributed by atoms with Crippen molar-refractivity contribution in [2.24, 2.45) is 0 Å². The van der Waals surface area contributed by atoms with Crippen molar-refractivity contribution in [3.8, 4) is 0 Å². The zero-order valence-corrected chi connectivity index (χ0v) is 15.4. The molecule has 2 aromatic rings. The van der Waals surface area contributed by atoms with Gasteiger partial charge in [-0.1, -0.05) is 51.1 Å². The molecular weight excluding hydrogens is 294 g/mol. The topological polar surface area (TPSA) is 39.1 Å². The summed E-state index contributed by atoms with van der Waals surface area (Å²) in [5.74, 6) is 0.824. The predicted molar refractivity (Wildman–Crippen MR) is 105 cm³/mol. The summed E-state index contributed by atoms with van der Waals surface area (Å²) in [5.41, 5.74) is 4.60. The van der Waals surface area contributed by atoms with E-state index in [1.165, 1.54) is 11.1 Å². The first-order valence-corrected chi connectivity index (χ1v) is 8.76. The van der Waals surface area contributed by atoms with Gasteiger partial charge in [-0.15, -0.1) is 0 Å². The largest absolute Gasteiger partial charge is 0.326 e. The molecule has 0 aliphatic rings. The van der Waals surface area contributed by atoms with Crippen LogP contribution >= 0.6 is 0 Å². The summed E-state index contributed by atoms with van der Waals surface area (Å²) >= 11 is 0. The Hall–Kier alpha value is -2.29. The Morgan fingerprint density at radius 3 is 2.38 bits per heavy atom. The average Bonchev–Trinajstić information content (AvgIpc) is 2.55. The molecule has 0 saturated carbocycles. The molecular formula is C21H29N3. The molecule has 0 amide bonds. The second-order valence-corrected chi connectivity index (χ2v) is 6.70. The Kier molecular flexibility index (Phi) is 6.02. The van der Waals surface area contributed by atoms with E-state index in [9.17, 15) is 0 Å². The predicted octanol–water partition coefficient (Wildman–Crippen LogP) is 5.63. The molecule has 0 bridgehead atoms. The van der Waals surface area contributed by atoms with Gasteiger partial charge in [0, 0.05) is 17.4 Å². The maximum Gasteiger partial charge on any atom is 0.200 e. The quantitative estimate of drug-likeness (QED) is 0.552. The summed E-state index contributed by atoms with van der Waals surface area (Å²) in [6.45, 7) is 10.8. The Labute approximate surface area is 146 Å². The fraction of sp³-hybridized carbons (Fsp3) is 0.381. The molecule has 0 fully saturated rings. The SMILES string of the molecule is CCc1cccc(NC(=N)N(c2ccccc2C(C)C)C(C)C)c1. The van der Waals surface area contributed by atoms with Gasteiger partial charge in [0.05, 0.1) is 0 Å². The third kappa shape index (κ3) is 4.16. The zero-order chi connectivity index (χ0) is 17.7. The van der Waals surface area contributed by atoms with E-state index in [1.807, 2.05) is 18.2 Å². The van der Waals surface area contributed by atoms with Crippen molar-refractivity contribution < 1.29 is 0 Å². The van der Waals surface area contributed by atoms with Gasteiger partial charge in [0.1, 0.15) is 0 Å². The highest BCUT2D eigenvalue weighted by atomic mass is 15.3. The molecule has 2 N–H and O–H groups in total. The first-order chi connectivity index (χ1) is 11.4. The number of hydrogen-bond acceptors (Lipinski definition) is 1. The van der Waals surface area contributed by atoms with Crippen molar-refractivity contribution in [3.05, 3.63) is 59.7 Å². The minimum Gasteiger partial charge on any atom is -0.326 e. The van der Waals surface area contributed by atoms with Gasteiger partial charge in [-0.2, -0.15) is 0 Å². The number of para-hydroxylation sites is 1. The van der Waals surface area contributed by atoms with Crippen LogP contribution in [-0.2, 0) is 6.42 Å². The molecule has 0 unspecified atom stereocenters. The van der Waals surface area contributed by atoms with Crippen LogP contribution in [0.25, 0.3) is 0 Å². The number of aryl methyl sites for hydroxylation is 1. The van der Waals surface area contributed by atoms with E-state index in [0.29, 0.717) is 11.9 Å². The monoisotopic (exact) mass is 323 g/mol. The van der Waals surface area contributed by atoms with Gasteiger partial charge in [-0.05, 0) is 55.5 Å². The molecule has 0 atom stereocenters. The van der Waals surface area contributed by atoms with Crippen LogP contribution in [0.4, 0.5) is 11.4 Å². The van der Waals surface area contributed by atoms with Crippen LogP contribution in [0.1, 0.15) is 51.7 Å². The van der Waals surface area contributed by atoms with Crippen LogP contribution in [0.3, 0.4) is 0 Å².